The highest BCUT2D eigenvalue weighted by Gasteiger charge is 2.42. The lowest BCUT2D eigenvalue weighted by Crippen LogP contribution is -2.11. The smallest absolute Gasteiger partial charge is 0.115 e. The average molecular weight is 308 g/mol. The summed E-state index contributed by atoms with van der Waals surface area (Å²) >= 11 is 3.57. The summed E-state index contributed by atoms with van der Waals surface area (Å²) in [6.07, 6.45) is 3.39. The van der Waals surface area contributed by atoms with E-state index in [1.54, 1.807) is 12.1 Å². The number of allylic oxidation sites excluding steroid dienone is 2. The van der Waals surface area contributed by atoms with E-state index in [-0.39, 0.29) is 5.75 Å². The first-order valence-corrected chi connectivity index (χ1v) is 6.93. The quantitative estimate of drug-likeness (QED) is 0.613. The number of phenolic OH excluding ortho intramolecular Hbond substituents is 1. The second kappa shape index (κ2) is 4.43. The van der Waals surface area contributed by atoms with Crippen LogP contribution in [0.3, 0.4) is 0 Å². The van der Waals surface area contributed by atoms with E-state index in [0.29, 0.717) is 11.8 Å². The lowest BCUT2D eigenvalue weighted by molar-refractivity contribution is 0.315. The van der Waals surface area contributed by atoms with Crippen molar-refractivity contribution in [2.45, 2.75) is 19.3 Å². The van der Waals surface area contributed by atoms with E-state index in [2.05, 4.69) is 21.1 Å². The summed E-state index contributed by atoms with van der Waals surface area (Å²) in [6.45, 7) is 0. The van der Waals surface area contributed by atoms with E-state index < -0.39 is 0 Å². The van der Waals surface area contributed by atoms with Gasteiger partial charge in [-0.25, -0.2) is 0 Å². The van der Waals surface area contributed by atoms with Gasteiger partial charge in [0.2, 0.25) is 0 Å². The minimum atomic E-state index is 0.271. The van der Waals surface area contributed by atoms with Crippen molar-refractivity contribution in [3.63, 3.8) is 0 Å². The molecule has 2 aliphatic rings. The van der Waals surface area contributed by atoms with Gasteiger partial charge in [0, 0.05) is 10.4 Å². The lowest BCUT2D eigenvalue weighted by atomic mass is 9.90. The maximum Gasteiger partial charge on any atom is 0.115 e. The zero-order valence-corrected chi connectivity index (χ0v) is 11.4. The Labute approximate surface area is 114 Å². The average Bonchev–Trinajstić information content (AvgIpc) is 2.90. The predicted molar refractivity (Wildman–Crippen MR) is 74.0 cm³/mol. The highest BCUT2D eigenvalue weighted by Crippen LogP contribution is 2.51. The van der Waals surface area contributed by atoms with Crippen molar-refractivity contribution < 1.29 is 10.3 Å². The van der Waals surface area contributed by atoms with Crippen molar-refractivity contribution in [3.8, 4) is 5.75 Å². The van der Waals surface area contributed by atoms with E-state index >= 15 is 0 Å². The highest BCUT2D eigenvalue weighted by atomic mass is 79.9. The zero-order chi connectivity index (χ0) is 12.7. The Hall–Kier alpha value is -1.29. The number of nitrogens with zero attached hydrogens (tertiary/aromatic N) is 1. The molecule has 0 amide bonds. The summed E-state index contributed by atoms with van der Waals surface area (Å²) in [4.78, 5) is 0. The van der Waals surface area contributed by atoms with Gasteiger partial charge in [0.15, 0.2) is 0 Å². The van der Waals surface area contributed by atoms with Crippen LogP contribution >= 0.6 is 15.9 Å². The van der Waals surface area contributed by atoms with Crippen LogP contribution in [-0.4, -0.2) is 16.0 Å². The van der Waals surface area contributed by atoms with Crippen LogP contribution in [0.4, 0.5) is 0 Å². The molecule has 0 radical (unpaired) electrons. The molecule has 4 heteroatoms. The van der Waals surface area contributed by atoms with Crippen LogP contribution in [0.25, 0.3) is 5.57 Å². The Morgan fingerprint density at radius 1 is 1.11 bits per heavy atom. The van der Waals surface area contributed by atoms with E-state index in [1.807, 2.05) is 12.1 Å². The molecular formula is C14H14BrNO2. The zero-order valence-electron chi connectivity index (χ0n) is 9.81. The predicted octanol–water partition coefficient (Wildman–Crippen LogP) is 3.76. The van der Waals surface area contributed by atoms with Crippen molar-refractivity contribution >= 4 is 27.2 Å². The first-order chi connectivity index (χ1) is 8.72. The van der Waals surface area contributed by atoms with Gasteiger partial charge in [-0.1, -0.05) is 23.7 Å². The van der Waals surface area contributed by atoms with Gasteiger partial charge < -0.3 is 10.3 Å². The molecular weight excluding hydrogens is 294 g/mol. The van der Waals surface area contributed by atoms with Crippen molar-refractivity contribution in [1.82, 2.24) is 0 Å². The van der Waals surface area contributed by atoms with Crippen LogP contribution < -0.4 is 0 Å². The number of oxime groups is 1. The summed E-state index contributed by atoms with van der Waals surface area (Å²) < 4.78 is 0.922. The minimum absolute atomic E-state index is 0.271. The minimum Gasteiger partial charge on any atom is -0.508 e. The second-order valence-electron chi connectivity index (χ2n) is 4.90. The van der Waals surface area contributed by atoms with Crippen molar-refractivity contribution in [2.75, 3.05) is 0 Å². The molecule has 0 heterocycles. The van der Waals surface area contributed by atoms with E-state index in [9.17, 15) is 10.3 Å². The largest absolute Gasteiger partial charge is 0.508 e. The Balaban J connectivity index is 2.09. The number of fused-ring (bicyclic) bond motifs is 1. The molecule has 0 spiro atoms. The van der Waals surface area contributed by atoms with Crippen molar-refractivity contribution in [2.24, 2.45) is 17.0 Å². The van der Waals surface area contributed by atoms with Gasteiger partial charge in [0.1, 0.15) is 5.75 Å². The summed E-state index contributed by atoms with van der Waals surface area (Å²) in [5.41, 5.74) is 3.08. The third kappa shape index (κ3) is 1.67. The molecule has 0 bridgehead atoms. The molecule has 1 aromatic rings. The summed E-state index contributed by atoms with van der Waals surface area (Å²) in [5.74, 6) is 1.05. The number of halogens is 1. The highest BCUT2D eigenvalue weighted by molar-refractivity contribution is 9.12. The fourth-order valence-corrected chi connectivity index (χ4v) is 4.09. The summed E-state index contributed by atoms with van der Waals surface area (Å²) in [7, 11) is 0. The molecule has 0 aromatic heterocycles. The third-order valence-corrected chi connectivity index (χ3v) is 4.82. The van der Waals surface area contributed by atoms with Crippen molar-refractivity contribution in [3.05, 3.63) is 34.3 Å². The first kappa shape index (κ1) is 11.8. The van der Waals surface area contributed by atoms with Crippen molar-refractivity contribution in [1.29, 1.82) is 0 Å². The summed E-state index contributed by atoms with van der Waals surface area (Å²) in [5, 5.41) is 22.0. The Bertz CT molecular complexity index is 533. The maximum absolute atomic E-state index is 9.36. The molecule has 3 nitrogen and oxygen atoms in total. The van der Waals surface area contributed by atoms with E-state index in [4.69, 9.17) is 0 Å². The molecule has 2 N–H and O–H groups in total. The topological polar surface area (TPSA) is 52.8 Å². The Morgan fingerprint density at radius 3 is 2.44 bits per heavy atom. The molecule has 1 aromatic carbocycles. The van der Waals surface area contributed by atoms with Gasteiger partial charge in [-0.3, -0.25) is 0 Å². The van der Waals surface area contributed by atoms with Crippen LogP contribution in [0.1, 0.15) is 24.8 Å². The molecule has 1 saturated carbocycles. The maximum atomic E-state index is 9.36. The van der Waals surface area contributed by atoms with Gasteiger partial charge in [0.25, 0.3) is 0 Å². The number of hydrogen-bond acceptors (Lipinski definition) is 3. The number of aromatic hydroxyl groups is 1. The molecule has 0 saturated heterocycles. The fourth-order valence-electron chi connectivity index (χ4n) is 3.20. The third-order valence-electron chi connectivity index (χ3n) is 3.99. The standard InChI is InChI=1S/C14H14BrNO2/c15-13-12(8-4-6-9(17)7-5-8)10-2-1-3-11(10)14(13)16-18/h4-7,10-11,17-18H,1-3H2. The van der Waals surface area contributed by atoms with Crippen LogP contribution in [0.15, 0.2) is 33.9 Å². The van der Waals surface area contributed by atoms with E-state index in [1.165, 1.54) is 12.0 Å². The monoisotopic (exact) mass is 307 g/mol. The number of benzene rings is 1. The first-order valence-electron chi connectivity index (χ1n) is 6.13. The van der Waals surface area contributed by atoms with Gasteiger partial charge in [-0.05, 0) is 58.0 Å². The number of rotatable bonds is 1. The molecule has 3 rings (SSSR count). The van der Waals surface area contributed by atoms with Crippen LogP contribution in [0.5, 0.6) is 5.75 Å². The molecule has 94 valence electrons. The molecule has 1 fully saturated rings. The molecule has 2 aliphatic carbocycles. The molecule has 2 atom stereocenters. The van der Waals surface area contributed by atoms with Gasteiger partial charge in [-0.15, -0.1) is 0 Å². The normalized spacial score (nSPS) is 29.1. The lowest BCUT2D eigenvalue weighted by Gasteiger charge is -2.13. The van der Waals surface area contributed by atoms with E-state index in [0.717, 1.165) is 28.6 Å². The Morgan fingerprint density at radius 2 is 1.78 bits per heavy atom. The molecule has 18 heavy (non-hydrogen) atoms. The van der Waals surface area contributed by atoms with Crippen LogP contribution in [-0.2, 0) is 0 Å². The number of phenols is 1. The Kier molecular flexibility index (Phi) is 2.90. The number of hydrogen-bond donors (Lipinski definition) is 2. The molecule has 2 unspecified atom stereocenters. The van der Waals surface area contributed by atoms with Gasteiger partial charge in [-0.2, -0.15) is 0 Å². The van der Waals surface area contributed by atoms with Gasteiger partial charge >= 0.3 is 0 Å². The van der Waals surface area contributed by atoms with Gasteiger partial charge in [0.05, 0.1) is 5.71 Å². The van der Waals surface area contributed by atoms with Crippen LogP contribution in [0, 0.1) is 11.8 Å². The second-order valence-corrected chi connectivity index (χ2v) is 5.70. The molecule has 0 aliphatic heterocycles. The van der Waals surface area contributed by atoms with Crippen LogP contribution in [0.2, 0.25) is 0 Å². The SMILES string of the molecule is ON=C1C(Br)=C(c2ccc(O)cc2)C2CCCC12. The summed E-state index contributed by atoms with van der Waals surface area (Å²) in [6, 6.07) is 7.23. The fraction of sp³-hybridized carbons (Fsp3) is 0.357.